The molecule has 0 spiro atoms. The van der Waals surface area contributed by atoms with Crippen LogP contribution in [0.4, 0.5) is 0 Å². The highest BCUT2D eigenvalue weighted by molar-refractivity contribution is 5.71. The second kappa shape index (κ2) is 7.47. The highest BCUT2D eigenvalue weighted by Crippen LogP contribution is 2.23. The van der Waals surface area contributed by atoms with Crippen molar-refractivity contribution in [1.29, 1.82) is 0 Å². The van der Waals surface area contributed by atoms with Crippen LogP contribution in [0.1, 0.15) is 32.3 Å². The third kappa shape index (κ3) is 4.53. The number of carbonyl (C=O) groups is 1. The molecule has 0 aliphatic heterocycles. The van der Waals surface area contributed by atoms with Gasteiger partial charge in [0.25, 0.3) is 0 Å². The maximum absolute atomic E-state index is 10.9. The molecule has 0 heterocycles. The van der Waals surface area contributed by atoms with Gasteiger partial charge in [0.1, 0.15) is 5.75 Å². The molecular formula is C14H19NO5. The van der Waals surface area contributed by atoms with Crippen LogP contribution in [0.25, 0.3) is 0 Å². The number of aliphatic carboxylic acids is 1. The summed E-state index contributed by atoms with van der Waals surface area (Å²) in [5.74, 6) is -0.558. The number of nitro groups is 1. The zero-order valence-corrected chi connectivity index (χ0v) is 11.6. The Bertz CT molecular complexity index is 474. The summed E-state index contributed by atoms with van der Waals surface area (Å²) >= 11 is 0. The SMILES string of the molecule is CCCC(Oc1ccccc1CC(=O)O)C(C)[N+](=O)[O-]. The van der Waals surface area contributed by atoms with Gasteiger partial charge in [-0.25, -0.2) is 0 Å². The quantitative estimate of drug-likeness (QED) is 0.584. The predicted octanol–water partition coefficient (Wildman–Crippen LogP) is 2.53. The van der Waals surface area contributed by atoms with Crippen LogP contribution in [-0.2, 0) is 11.2 Å². The van der Waals surface area contributed by atoms with Crippen LogP contribution in [0.15, 0.2) is 24.3 Å². The zero-order valence-electron chi connectivity index (χ0n) is 11.6. The number of carboxylic acids is 1. The van der Waals surface area contributed by atoms with Gasteiger partial charge in [-0.1, -0.05) is 31.5 Å². The Hall–Kier alpha value is -2.11. The van der Waals surface area contributed by atoms with Crippen molar-refractivity contribution in [2.45, 2.75) is 45.3 Å². The minimum Gasteiger partial charge on any atom is -0.483 e. The highest BCUT2D eigenvalue weighted by Gasteiger charge is 2.28. The van der Waals surface area contributed by atoms with Gasteiger partial charge in [0, 0.05) is 17.4 Å². The number of ether oxygens (including phenoxy) is 1. The Morgan fingerprint density at radius 3 is 2.65 bits per heavy atom. The Kier molecular flexibility index (Phi) is 5.96. The van der Waals surface area contributed by atoms with Gasteiger partial charge in [-0.05, 0) is 12.5 Å². The van der Waals surface area contributed by atoms with Gasteiger partial charge in [-0.2, -0.15) is 0 Å². The van der Waals surface area contributed by atoms with E-state index in [0.29, 0.717) is 17.7 Å². The van der Waals surface area contributed by atoms with Crippen LogP contribution < -0.4 is 4.74 Å². The number of para-hydroxylation sites is 1. The third-order valence-electron chi connectivity index (χ3n) is 3.04. The van der Waals surface area contributed by atoms with E-state index in [0.717, 1.165) is 6.42 Å². The van der Waals surface area contributed by atoms with E-state index in [-0.39, 0.29) is 11.3 Å². The second-order valence-electron chi connectivity index (χ2n) is 4.65. The van der Waals surface area contributed by atoms with Crippen molar-refractivity contribution in [3.8, 4) is 5.75 Å². The minimum atomic E-state index is -0.963. The lowest BCUT2D eigenvalue weighted by atomic mass is 10.1. The van der Waals surface area contributed by atoms with Gasteiger partial charge in [-0.15, -0.1) is 0 Å². The number of hydrogen-bond acceptors (Lipinski definition) is 4. The number of hydrogen-bond donors (Lipinski definition) is 1. The van der Waals surface area contributed by atoms with E-state index in [1.807, 2.05) is 6.92 Å². The Balaban J connectivity index is 2.93. The Labute approximate surface area is 117 Å². The van der Waals surface area contributed by atoms with Crippen LogP contribution in [0.2, 0.25) is 0 Å². The van der Waals surface area contributed by atoms with Crippen LogP contribution in [0, 0.1) is 10.1 Å². The first kappa shape index (κ1) is 15.9. The number of nitrogens with zero attached hydrogens (tertiary/aromatic N) is 1. The predicted molar refractivity (Wildman–Crippen MR) is 73.6 cm³/mol. The Morgan fingerprint density at radius 2 is 2.10 bits per heavy atom. The molecule has 0 radical (unpaired) electrons. The van der Waals surface area contributed by atoms with E-state index in [2.05, 4.69) is 0 Å². The number of benzene rings is 1. The molecule has 0 amide bonds. The van der Waals surface area contributed by atoms with E-state index in [4.69, 9.17) is 9.84 Å². The van der Waals surface area contributed by atoms with Crippen molar-refractivity contribution < 1.29 is 19.6 Å². The molecule has 6 nitrogen and oxygen atoms in total. The Morgan fingerprint density at radius 1 is 1.45 bits per heavy atom. The van der Waals surface area contributed by atoms with E-state index < -0.39 is 18.1 Å². The number of rotatable bonds is 8. The molecule has 1 aromatic carbocycles. The monoisotopic (exact) mass is 281 g/mol. The van der Waals surface area contributed by atoms with Gasteiger partial charge in [-0.3, -0.25) is 14.9 Å². The molecule has 0 aliphatic carbocycles. The van der Waals surface area contributed by atoms with Gasteiger partial charge < -0.3 is 9.84 Å². The molecule has 0 saturated heterocycles. The zero-order chi connectivity index (χ0) is 15.1. The fraction of sp³-hybridized carbons (Fsp3) is 0.500. The normalized spacial score (nSPS) is 13.5. The van der Waals surface area contributed by atoms with Crippen LogP contribution in [-0.4, -0.2) is 28.1 Å². The summed E-state index contributed by atoms with van der Waals surface area (Å²) < 4.78 is 5.70. The molecule has 0 aromatic heterocycles. The van der Waals surface area contributed by atoms with Crippen LogP contribution >= 0.6 is 0 Å². The molecule has 6 heteroatoms. The molecule has 1 rings (SSSR count). The first-order valence-electron chi connectivity index (χ1n) is 6.55. The summed E-state index contributed by atoms with van der Waals surface area (Å²) in [5.41, 5.74) is 0.525. The summed E-state index contributed by atoms with van der Waals surface area (Å²) in [6.07, 6.45) is 0.569. The van der Waals surface area contributed by atoms with Crippen molar-refractivity contribution in [3.05, 3.63) is 39.9 Å². The fourth-order valence-corrected chi connectivity index (χ4v) is 1.91. The molecule has 0 fully saturated rings. The first-order valence-corrected chi connectivity index (χ1v) is 6.55. The second-order valence-corrected chi connectivity index (χ2v) is 4.65. The summed E-state index contributed by atoms with van der Waals surface area (Å²) in [6, 6.07) is 5.90. The lowest BCUT2D eigenvalue weighted by Gasteiger charge is -2.21. The average molecular weight is 281 g/mol. The molecule has 1 N–H and O–H groups in total. The van der Waals surface area contributed by atoms with Crippen molar-refractivity contribution in [2.75, 3.05) is 0 Å². The summed E-state index contributed by atoms with van der Waals surface area (Å²) in [5, 5.41) is 19.8. The van der Waals surface area contributed by atoms with Crippen molar-refractivity contribution in [3.63, 3.8) is 0 Å². The summed E-state index contributed by atoms with van der Waals surface area (Å²) in [6.45, 7) is 3.42. The summed E-state index contributed by atoms with van der Waals surface area (Å²) in [4.78, 5) is 21.3. The molecule has 0 saturated carbocycles. The van der Waals surface area contributed by atoms with Gasteiger partial charge in [0.15, 0.2) is 6.10 Å². The smallest absolute Gasteiger partial charge is 0.307 e. The van der Waals surface area contributed by atoms with Gasteiger partial charge >= 0.3 is 5.97 Å². The molecule has 20 heavy (non-hydrogen) atoms. The van der Waals surface area contributed by atoms with Gasteiger partial charge in [0.2, 0.25) is 6.04 Å². The summed E-state index contributed by atoms with van der Waals surface area (Å²) in [7, 11) is 0. The molecular weight excluding hydrogens is 262 g/mol. The molecule has 2 atom stereocenters. The minimum absolute atomic E-state index is 0.165. The van der Waals surface area contributed by atoms with Gasteiger partial charge in [0.05, 0.1) is 6.42 Å². The largest absolute Gasteiger partial charge is 0.483 e. The standard InChI is InChI=1S/C14H19NO5/c1-3-6-12(10(2)15(18)19)20-13-8-5-4-7-11(13)9-14(16)17/h4-5,7-8,10,12H,3,6,9H2,1-2H3,(H,16,17). The van der Waals surface area contributed by atoms with E-state index in [9.17, 15) is 14.9 Å². The molecule has 110 valence electrons. The van der Waals surface area contributed by atoms with Crippen molar-refractivity contribution in [1.82, 2.24) is 0 Å². The maximum Gasteiger partial charge on any atom is 0.307 e. The topological polar surface area (TPSA) is 89.7 Å². The average Bonchev–Trinajstić information content (AvgIpc) is 2.38. The van der Waals surface area contributed by atoms with E-state index in [1.54, 1.807) is 24.3 Å². The lowest BCUT2D eigenvalue weighted by Crippen LogP contribution is -2.35. The molecule has 0 aliphatic rings. The molecule has 1 aromatic rings. The molecule has 0 bridgehead atoms. The van der Waals surface area contributed by atoms with Crippen LogP contribution in [0.3, 0.4) is 0 Å². The maximum atomic E-state index is 10.9. The molecule has 2 unspecified atom stereocenters. The van der Waals surface area contributed by atoms with Crippen LogP contribution in [0.5, 0.6) is 5.75 Å². The van der Waals surface area contributed by atoms with E-state index in [1.165, 1.54) is 6.92 Å². The fourth-order valence-electron chi connectivity index (χ4n) is 1.91. The number of carboxylic acid groups (broad SMARTS) is 1. The highest BCUT2D eigenvalue weighted by atomic mass is 16.6. The first-order chi connectivity index (χ1) is 9.45. The van der Waals surface area contributed by atoms with Crippen molar-refractivity contribution in [2.24, 2.45) is 0 Å². The lowest BCUT2D eigenvalue weighted by molar-refractivity contribution is -0.528. The van der Waals surface area contributed by atoms with E-state index >= 15 is 0 Å². The van der Waals surface area contributed by atoms with Crippen molar-refractivity contribution >= 4 is 5.97 Å². The third-order valence-corrected chi connectivity index (χ3v) is 3.04.